The summed E-state index contributed by atoms with van der Waals surface area (Å²) < 4.78 is 0. The van der Waals surface area contributed by atoms with Crippen molar-refractivity contribution in [2.75, 3.05) is 5.32 Å². The highest BCUT2D eigenvalue weighted by atomic mass is 32.1. The molecule has 3 rings (SSSR count). The molecule has 0 atom stereocenters. The van der Waals surface area contributed by atoms with Crippen LogP contribution in [-0.4, -0.2) is 34.1 Å². The van der Waals surface area contributed by atoms with E-state index in [9.17, 15) is 14.7 Å². The van der Waals surface area contributed by atoms with E-state index in [1.54, 1.807) is 36.0 Å². The molecule has 24 heavy (non-hydrogen) atoms. The average molecular weight is 345 g/mol. The van der Waals surface area contributed by atoms with Gasteiger partial charge in [-0.3, -0.25) is 14.6 Å². The zero-order valence-corrected chi connectivity index (χ0v) is 13.9. The molecule has 0 aromatic carbocycles. The van der Waals surface area contributed by atoms with Gasteiger partial charge in [0.25, 0.3) is 11.8 Å². The molecule has 0 unspecified atom stereocenters. The SMILES string of the molecule is O=C(Nc1ccsc1C(=O)NC1CCC(O)CC1)c1ccncc1. The molecule has 2 aromatic rings. The highest BCUT2D eigenvalue weighted by Crippen LogP contribution is 2.24. The molecule has 0 spiro atoms. The van der Waals surface area contributed by atoms with Gasteiger partial charge in [-0.1, -0.05) is 0 Å². The number of aromatic nitrogens is 1. The first-order valence-corrected chi connectivity index (χ1v) is 8.79. The maximum Gasteiger partial charge on any atom is 0.263 e. The largest absolute Gasteiger partial charge is 0.393 e. The standard InChI is InChI=1S/C17H19N3O3S/c21-13-3-1-12(2-4-13)19-17(23)15-14(7-10-24-15)20-16(22)11-5-8-18-9-6-11/h5-10,12-13,21H,1-4H2,(H,19,23)(H,20,22). The lowest BCUT2D eigenvalue weighted by molar-refractivity contribution is 0.0872. The fraction of sp³-hybridized carbons (Fsp3) is 0.353. The Hall–Kier alpha value is -2.25. The van der Waals surface area contributed by atoms with Gasteiger partial charge in [0.2, 0.25) is 0 Å². The van der Waals surface area contributed by atoms with Crippen molar-refractivity contribution in [1.82, 2.24) is 10.3 Å². The van der Waals surface area contributed by atoms with Crippen molar-refractivity contribution in [3.63, 3.8) is 0 Å². The number of pyridine rings is 1. The van der Waals surface area contributed by atoms with Gasteiger partial charge in [-0.15, -0.1) is 11.3 Å². The minimum absolute atomic E-state index is 0.0757. The Balaban J connectivity index is 1.64. The summed E-state index contributed by atoms with van der Waals surface area (Å²) in [6, 6.07) is 5.04. The molecule has 126 valence electrons. The Bertz CT molecular complexity index is 709. The van der Waals surface area contributed by atoms with E-state index in [0.717, 1.165) is 12.8 Å². The molecule has 6 nitrogen and oxygen atoms in total. The number of thiophene rings is 1. The first kappa shape index (κ1) is 16.6. The number of aliphatic hydroxyl groups is 1. The zero-order chi connectivity index (χ0) is 16.9. The molecule has 7 heteroatoms. The van der Waals surface area contributed by atoms with Crippen molar-refractivity contribution in [3.05, 3.63) is 46.4 Å². The molecular weight excluding hydrogens is 326 g/mol. The third-order valence-corrected chi connectivity index (χ3v) is 5.01. The maximum atomic E-state index is 12.5. The molecule has 2 heterocycles. The van der Waals surface area contributed by atoms with Crippen LogP contribution in [0.15, 0.2) is 36.0 Å². The summed E-state index contributed by atoms with van der Waals surface area (Å²) in [5.74, 6) is -0.456. The Morgan fingerprint density at radius 3 is 2.50 bits per heavy atom. The Kier molecular flexibility index (Phi) is 5.22. The van der Waals surface area contributed by atoms with Gasteiger partial charge < -0.3 is 15.7 Å². The van der Waals surface area contributed by atoms with Crippen LogP contribution in [0.25, 0.3) is 0 Å². The van der Waals surface area contributed by atoms with Crippen LogP contribution in [0, 0.1) is 0 Å². The van der Waals surface area contributed by atoms with Gasteiger partial charge >= 0.3 is 0 Å². The van der Waals surface area contributed by atoms with Crippen molar-refractivity contribution in [3.8, 4) is 0 Å². The summed E-state index contributed by atoms with van der Waals surface area (Å²) >= 11 is 1.30. The summed E-state index contributed by atoms with van der Waals surface area (Å²) in [7, 11) is 0. The van der Waals surface area contributed by atoms with Crippen molar-refractivity contribution >= 4 is 28.8 Å². The number of carbonyl (C=O) groups excluding carboxylic acids is 2. The molecule has 1 saturated carbocycles. The van der Waals surface area contributed by atoms with Gasteiger partial charge in [0, 0.05) is 24.0 Å². The molecule has 1 aliphatic carbocycles. The molecule has 2 aromatic heterocycles. The highest BCUT2D eigenvalue weighted by molar-refractivity contribution is 7.12. The molecule has 2 amide bonds. The summed E-state index contributed by atoms with van der Waals surface area (Å²) in [4.78, 5) is 29.1. The van der Waals surface area contributed by atoms with Crippen LogP contribution in [0.1, 0.15) is 45.7 Å². The van der Waals surface area contributed by atoms with Crippen LogP contribution in [0.2, 0.25) is 0 Å². The van der Waals surface area contributed by atoms with Crippen LogP contribution < -0.4 is 10.6 Å². The fourth-order valence-corrected chi connectivity index (χ4v) is 3.50. The van der Waals surface area contributed by atoms with Gasteiger partial charge in [-0.2, -0.15) is 0 Å². The normalized spacial score (nSPS) is 20.4. The van der Waals surface area contributed by atoms with Crippen molar-refractivity contribution < 1.29 is 14.7 Å². The molecule has 1 fully saturated rings. The zero-order valence-electron chi connectivity index (χ0n) is 13.1. The van der Waals surface area contributed by atoms with Gasteiger partial charge in [0.1, 0.15) is 4.88 Å². The molecule has 0 radical (unpaired) electrons. The van der Waals surface area contributed by atoms with E-state index in [0.29, 0.717) is 29.0 Å². The highest BCUT2D eigenvalue weighted by Gasteiger charge is 2.23. The minimum atomic E-state index is -0.273. The quantitative estimate of drug-likeness (QED) is 0.794. The number of rotatable bonds is 4. The second-order valence-electron chi connectivity index (χ2n) is 5.83. The topological polar surface area (TPSA) is 91.3 Å². The summed E-state index contributed by atoms with van der Waals surface area (Å²) in [5.41, 5.74) is 0.999. The second kappa shape index (κ2) is 7.55. The maximum absolute atomic E-state index is 12.5. The Morgan fingerprint density at radius 1 is 1.08 bits per heavy atom. The van der Waals surface area contributed by atoms with E-state index < -0.39 is 0 Å². The number of nitrogens with one attached hydrogen (secondary N) is 2. The molecular formula is C17H19N3O3S. The fourth-order valence-electron chi connectivity index (χ4n) is 2.75. The van der Waals surface area contributed by atoms with Crippen LogP contribution in [0.4, 0.5) is 5.69 Å². The van der Waals surface area contributed by atoms with E-state index in [1.807, 2.05) is 0 Å². The number of hydrogen-bond acceptors (Lipinski definition) is 5. The van der Waals surface area contributed by atoms with Crippen molar-refractivity contribution in [2.45, 2.75) is 37.8 Å². The summed E-state index contributed by atoms with van der Waals surface area (Å²) in [6.45, 7) is 0. The lowest BCUT2D eigenvalue weighted by atomic mass is 9.93. The number of hydrogen-bond donors (Lipinski definition) is 3. The minimum Gasteiger partial charge on any atom is -0.393 e. The van der Waals surface area contributed by atoms with Crippen LogP contribution in [0.3, 0.4) is 0 Å². The number of carbonyl (C=O) groups is 2. The lowest BCUT2D eigenvalue weighted by Crippen LogP contribution is -2.38. The second-order valence-corrected chi connectivity index (χ2v) is 6.75. The van der Waals surface area contributed by atoms with Gasteiger partial charge in [-0.05, 0) is 49.3 Å². The third-order valence-electron chi connectivity index (χ3n) is 4.09. The molecule has 0 bridgehead atoms. The molecule has 1 aliphatic rings. The van der Waals surface area contributed by atoms with Crippen LogP contribution in [0.5, 0.6) is 0 Å². The third kappa shape index (κ3) is 3.98. The van der Waals surface area contributed by atoms with E-state index in [4.69, 9.17) is 0 Å². The van der Waals surface area contributed by atoms with Gasteiger partial charge in [0.15, 0.2) is 0 Å². The number of nitrogens with zero attached hydrogens (tertiary/aromatic N) is 1. The van der Waals surface area contributed by atoms with E-state index in [1.165, 1.54) is 11.3 Å². The number of aliphatic hydroxyl groups excluding tert-OH is 1. The smallest absolute Gasteiger partial charge is 0.263 e. The summed E-state index contributed by atoms with van der Waals surface area (Å²) in [5, 5.41) is 17.1. The van der Waals surface area contributed by atoms with Gasteiger partial charge in [0.05, 0.1) is 11.8 Å². The monoisotopic (exact) mass is 345 g/mol. The molecule has 0 aliphatic heterocycles. The summed E-state index contributed by atoms with van der Waals surface area (Å²) in [6.07, 6.45) is 5.81. The van der Waals surface area contributed by atoms with Crippen LogP contribution in [-0.2, 0) is 0 Å². The number of anilines is 1. The van der Waals surface area contributed by atoms with E-state index in [2.05, 4.69) is 15.6 Å². The van der Waals surface area contributed by atoms with E-state index >= 15 is 0 Å². The van der Waals surface area contributed by atoms with E-state index in [-0.39, 0.29) is 24.0 Å². The first-order valence-electron chi connectivity index (χ1n) is 7.91. The van der Waals surface area contributed by atoms with Crippen molar-refractivity contribution in [2.24, 2.45) is 0 Å². The van der Waals surface area contributed by atoms with Crippen LogP contribution >= 0.6 is 11.3 Å². The average Bonchev–Trinajstić information content (AvgIpc) is 3.06. The first-order chi connectivity index (χ1) is 11.6. The predicted octanol–water partition coefficient (Wildman–Crippen LogP) is 2.43. The molecule has 0 saturated heterocycles. The number of amides is 2. The Labute approximate surface area is 143 Å². The molecule has 3 N–H and O–H groups in total. The lowest BCUT2D eigenvalue weighted by Gasteiger charge is -2.26. The predicted molar refractivity (Wildman–Crippen MR) is 92.2 cm³/mol. The van der Waals surface area contributed by atoms with Crippen molar-refractivity contribution in [1.29, 1.82) is 0 Å². The Morgan fingerprint density at radius 2 is 1.79 bits per heavy atom. The van der Waals surface area contributed by atoms with Gasteiger partial charge in [-0.25, -0.2) is 0 Å².